The lowest BCUT2D eigenvalue weighted by molar-refractivity contribution is 0.0980. The molecule has 1 aromatic heterocycles. The number of fused-ring (bicyclic) bond motifs is 1. The molecule has 3 aromatic rings. The van der Waals surface area contributed by atoms with Crippen LogP contribution in [0.2, 0.25) is 0 Å². The molecular formula is C23H24N4O2. The Morgan fingerprint density at radius 2 is 1.86 bits per heavy atom. The van der Waals surface area contributed by atoms with Gasteiger partial charge in [-0.1, -0.05) is 18.2 Å². The number of benzene rings is 2. The van der Waals surface area contributed by atoms with Crippen molar-refractivity contribution >= 4 is 23.1 Å². The lowest BCUT2D eigenvalue weighted by Crippen LogP contribution is -2.36. The number of rotatable bonds is 5. The van der Waals surface area contributed by atoms with Crippen molar-refractivity contribution in [2.45, 2.75) is 32.8 Å². The molecule has 0 radical (unpaired) electrons. The van der Waals surface area contributed by atoms with E-state index in [0.29, 0.717) is 18.1 Å². The highest BCUT2D eigenvalue weighted by Gasteiger charge is 2.24. The number of nitrogens with one attached hydrogen (secondary N) is 1. The predicted molar refractivity (Wildman–Crippen MR) is 114 cm³/mol. The normalized spacial score (nSPS) is 13.1. The topological polar surface area (TPSA) is 67.3 Å². The third-order valence-corrected chi connectivity index (χ3v) is 4.72. The minimum Gasteiger partial charge on any atom is -0.491 e. The van der Waals surface area contributed by atoms with Crippen molar-refractivity contribution in [3.05, 3.63) is 72.2 Å². The van der Waals surface area contributed by atoms with E-state index < -0.39 is 0 Å². The Morgan fingerprint density at radius 1 is 1.07 bits per heavy atom. The Kier molecular flexibility index (Phi) is 5.42. The first kappa shape index (κ1) is 18.9. The van der Waals surface area contributed by atoms with Crippen LogP contribution in [0.5, 0.6) is 5.75 Å². The van der Waals surface area contributed by atoms with Gasteiger partial charge in [0.15, 0.2) is 0 Å². The van der Waals surface area contributed by atoms with E-state index >= 15 is 0 Å². The maximum absolute atomic E-state index is 12.9. The molecule has 1 amide bonds. The van der Waals surface area contributed by atoms with E-state index in [9.17, 15) is 4.79 Å². The van der Waals surface area contributed by atoms with Gasteiger partial charge in [-0.2, -0.15) is 0 Å². The standard InChI is InChI=1S/C23H24N4O2/c1-16(2)29-19-11-9-18(10-12-19)26-22-15-24-20(14-25-22)23(28)27-13-5-7-17-6-3-4-8-21(17)27/h3-4,6,8-12,14-16H,5,7,13H2,1-2H3,(H,25,26). The first-order valence-corrected chi connectivity index (χ1v) is 9.86. The van der Waals surface area contributed by atoms with Crippen molar-refractivity contribution < 1.29 is 9.53 Å². The number of ether oxygens (including phenoxy) is 1. The molecule has 0 fully saturated rings. The summed E-state index contributed by atoms with van der Waals surface area (Å²) in [6.07, 6.45) is 5.19. The van der Waals surface area contributed by atoms with Gasteiger partial charge in [-0.25, -0.2) is 9.97 Å². The zero-order valence-electron chi connectivity index (χ0n) is 16.6. The lowest BCUT2D eigenvalue weighted by Gasteiger charge is -2.29. The molecule has 0 saturated carbocycles. The Bertz CT molecular complexity index is 985. The van der Waals surface area contributed by atoms with Gasteiger partial charge in [-0.3, -0.25) is 4.79 Å². The number of hydrogen-bond donors (Lipinski definition) is 1. The number of para-hydroxylation sites is 1. The Balaban J connectivity index is 1.45. The largest absolute Gasteiger partial charge is 0.491 e. The van der Waals surface area contributed by atoms with E-state index in [4.69, 9.17) is 4.74 Å². The molecule has 29 heavy (non-hydrogen) atoms. The van der Waals surface area contributed by atoms with Crippen LogP contribution in [0.15, 0.2) is 60.9 Å². The van der Waals surface area contributed by atoms with Crippen molar-refractivity contribution in [3.63, 3.8) is 0 Å². The van der Waals surface area contributed by atoms with Crippen LogP contribution in [0.3, 0.4) is 0 Å². The van der Waals surface area contributed by atoms with Gasteiger partial charge in [0.25, 0.3) is 5.91 Å². The number of aryl methyl sites for hydroxylation is 1. The number of nitrogens with zero attached hydrogens (tertiary/aromatic N) is 3. The molecule has 1 aliphatic rings. The molecule has 1 aliphatic heterocycles. The number of aromatic nitrogens is 2. The van der Waals surface area contributed by atoms with Crippen LogP contribution in [0.25, 0.3) is 0 Å². The van der Waals surface area contributed by atoms with Gasteiger partial charge in [0.2, 0.25) is 0 Å². The van der Waals surface area contributed by atoms with Gasteiger partial charge in [0.05, 0.1) is 18.5 Å². The van der Waals surface area contributed by atoms with E-state index in [1.54, 1.807) is 11.1 Å². The summed E-state index contributed by atoms with van der Waals surface area (Å²) < 4.78 is 5.65. The highest BCUT2D eigenvalue weighted by Crippen LogP contribution is 2.28. The Hall–Kier alpha value is -3.41. The molecule has 0 unspecified atom stereocenters. The second kappa shape index (κ2) is 8.31. The third kappa shape index (κ3) is 4.37. The summed E-state index contributed by atoms with van der Waals surface area (Å²) in [6.45, 7) is 4.68. The van der Waals surface area contributed by atoms with Gasteiger partial charge >= 0.3 is 0 Å². The quantitative estimate of drug-likeness (QED) is 0.692. The maximum Gasteiger partial charge on any atom is 0.278 e. The van der Waals surface area contributed by atoms with Crippen molar-refractivity contribution in [1.82, 2.24) is 9.97 Å². The second-order valence-electron chi connectivity index (χ2n) is 7.29. The minimum atomic E-state index is -0.119. The Labute approximate surface area is 170 Å². The number of hydrogen-bond acceptors (Lipinski definition) is 5. The summed E-state index contributed by atoms with van der Waals surface area (Å²) in [5.41, 5.74) is 3.38. The molecule has 0 aliphatic carbocycles. The Morgan fingerprint density at radius 3 is 2.59 bits per heavy atom. The van der Waals surface area contributed by atoms with E-state index in [-0.39, 0.29) is 12.0 Å². The zero-order chi connectivity index (χ0) is 20.2. The molecule has 148 valence electrons. The average Bonchev–Trinajstić information content (AvgIpc) is 2.74. The summed E-state index contributed by atoms with van der Waals surface area (Å²) in [7, 11) is 0. The van der Waals surface area contributed by atoms with E-state index in [1.165, 1.54) is 11.8 Å². The molecule has 2 heterocycles. The summed E-state index contributed by atoms with van der Waals surface area (Å²) in [6, 6.07) is 15.7. The smallest absolute Gasteiger partial charge is 0.278 e. The van der Waals surface area contributed by atoms with Crippen LogP contribution in [0.1, 0.15) is 36.3 Å². The van der Waals surface area contributed by atoms with Gasteiger partial charge in [0, 0.05) is 17.9 Å². The molecule has 2 aromatic carbocycles. The van der Waals surface area contributed by atoms with Gasteiger partial charge in [0.1, 0.15) is 17.3 Å². The number of anilines is 3. The summed E-state index contributed by atoms with van der Waals surface area (Å²) in [5.74, 6) is 1.28. The van der Waals surface area contributed by atoms with E-state index in [2.05, 4.69) is 21.4 Å². The SMILES string of the molecule is CC(C)Oc1ccc(Nc2cnc(C(=O)N3CCCc4ccccc43)cn2)cc1. The van der Waals surface area contributed by atoms with Crippen molar-refractivity contribution in [2.75, 3.05) is 16.8 Å². The fourth-order valence-electron chi connectivity index (χ4n) is 3.42. The van der Waals surface area contributed by atoms with E-state index in [1.807, 2.05) is 56.3 Å². The summed E-state index contributed by atoms with van der Waals surface area (Å²) in [4.78, 5) is 23.4. The van der Waals surface area contributed by atoms with Crippen molar-refractivity contribution in [2.24, 2.45) is 0 Å². The molecule has 0 saturated heterocycles. The maximum atomic E-state index is 12.9. The van der Waals surface area contributed by atoms with Crippen LogP contribution in [-0.4, -0.2) is 28.5 Å². The van der Waals surface area contributed by atoms with Gasteiger partial charge in [-0.15, -0.1) is 0 Å². The van der Waals surface area contributed by atoms with Crippen LogP contribution in [0, 0.1) is 0 Å². The van der Waals surface area contributed by atoms with E-state index in [0.717, 1.165) is 30.0 Å². The van der Waals surface area contributed by atoms with Crippen LogP contribution in [-0.2, 0) is 6.42 Å². The first-order chi connectivity index (χ1) is 14.1. The number of amides is 1. The molecule has 0 bridgehead atoms. The highest BCUT2D eigenvalue weighted by atomic mass is 16.5. The second-order valence-corrected chi connectivity index (χ2v) is 7.29. The van der Waals surface area contributed by atoms with Gasteiger partial charge < -0.3 is 15.0 Å². The molecule has 6 heteroatoms. The monoisotopic (exact) mass is 388 g/mol. The first-order valence-electron chi connectivity index (χ1n) is 9.86. The summed E-state index contributed by atoms with van der Waals surface area (Å²) in [5, 5.41) is 3.19. The minimum absolute atomic E-state index is 0.119. The molecule has 1 N–H and O–H groups in total. The predicted octanol–water partition coefficient (Wildman–Crippen LogP) is 4.60. The fraction of sp³-hybridized carbons (Fsp3) is 0.261. The lowest BCUT2D eigenvalue weighted by atomic mass is 10.0. The highest BCUT2D eigenvalue weighted by molar-refractivity contribution is 6.05. The van der Waals surface area contributed by atoms with Crippen LogP contribution >= 0.6 is 0 Å². The van der Waals surface area contributed by atoms with Crippen molar-refractivity contribution in [3.8, 4) is 5.75 Å². The van der Waals surface area contributed by atoms with Gasteiger partial charge in [-0.05, 0) is 62.6 Å². The molecule has 4 rings (SSSR count). The number of carbonyl (C=O) groups is 1. The zero-order valence-corrected chi connectivity index (χ0v) is 16.6. The van der Waals surface area contributed by atoms with Crippen LogP contribution < -0.4 is 15.0 Å². The number of carbonyl (C=O) groups excluding carboxylic acids is 1. The summed E-state index contributed by atoms with van der Waals surface area (Å²) >= 11 is 0. The molecule has 6 nitrogen and oxygen atoms in total. The fourth-order valence-corrected chi connectivity index (χ4v) is 3.42. The molecule has 0 spiro atoms. The molecule has 0 atom stereocenters. The van der Waals surface area contributed by atoms with Crippen LogP contribution in [0.4, 0.5) is 17.2 Å². The average molecular weight is 388 g/mol. The molecular weight excluding hydrogens is 364 g/mol. The third-order valence-electron chi connectivity index (χ3n) is 4.72. The van der Waals surface area contributed by atoms with Crippen molar-refractivity contribution in [1.29, 1.82) is 0 Å².